The number of hydrogen-bond donors (Lipinski definition) is 1. The van der Waals surface area contributed by atoms with Gasteiger partial charge in [-0.1, -0.05) is 36.4 Å². The predicted molar refractivity (Wildman–Crippen MR) is 125 cm³/mol. The summed E-state index contributed by atoms with van der Waals surface area (Å²) in [6, 6.07) is 21.2. The van der Waals surface area contributed by atoms with E-state index in [4.69, 9.17) is 4.74 Å². The lowest BCUT2D eigenvalue weighted by Crippen LogP contribution is -2.52. The molecule has 3 aromatic rings. The maximum absolute atomic E-state index is 13.2. The highest BCUT2D eigenvalue weighted by Gasteiger charge is 2.41. The third kappa shape index (κ3) is 3.75. The van der Waals surface area contributed by atoms with Crippen LogP contribution >= 0.6 is 0 Å². The summed E-state index contributed by atoms with van der Waals surface area (Å²) in [6.45, 7) is 3.95. The van der Waals surface area contributed by atoms with Crippen molar-refractivity contribution in [2.45, 2.75) is 45.3 Å². The van der Waals surface area contributed by atoms with Gasteiger partial charge in [-0.3, -0.25) is 9.59 Å². The van der Waals surface area contributed by atoms with Gasteiger partial charge in [0.1, 0.15) is 5.75 Å². The van der Waals surface area contributed by atoms with Gasteiger partial charge >= 0.3 is 0 Å². The molecule has 1 aliphatic heterocycles. The summed E-state index contributed by atoms with van der Waals surface area (Å²) in [7, 11) is 0. The lowest BCUT2D eigenvalue weighted by Gasteiger charge is -2.39. The number of ether oxygens (including phenoxy) is 1. The van der Waals surface area contributed by atoms with Gasteiger partial charge in [0.2, 0.25) is 0 Å². The molecule has 0 saturated heterocycles. The number of anilines is 2. The normalized spacial score (nSPS) is 16.2. The second-order valence-electron chi connectivity index (χ2n) is 8.96. The fraction of sp³-hybridized carbons (Fsp3) is 0.259. The Hall–Kier alpha value is -3.60. The SMILES string of the molecule is CC1(C)Oc2ccc(C(=O)Nc3ccc4c(c3)CCC4)cc2N(Cc2ccccc2)C1=O. The highest BCUT2D eigenvalue weighted by Crippen LogP contribution is 2.39. The summed E-state index contributed by atoms with van der Waals surface area (Å²) in [6.07, 6.45) is 3.33. The third-order valence-electron chi connectivity index (χ3n) is 6.18. The van der Waals surface area contributed by atoms with Crippen LogP contribution in [0.15, 0.2) is 66.7 Å². The third-order valence-corrected chi connectivity index (χ3v) is 6.18. The van der Waals surface area contributed by atoms with Crippen molar-refractivity contribution >= 4 is 23.2 Å². The lowest BCUT2D eigenvalue weighted by atomic mass is 10.0. The van der Waals surface area contributed by atoms with Gasteiger partial charge in [-0.15, -0.1) is 0 Å². The number of benzene rings is 3. The number of hydrogen-bond acceptors (Lipinski definition) is 3. The van der Waals surface area contributed by atoms with Gasteiger partial charge in [-0.25, -0.2) is 0 Å². The number of amides is 2. The van der Waals surface area contributed by atoms with E-state index < -0.39 is 5.60 Å². The monoisotopic (exact) mass is 426 g/mol. The summed E-state index contributed by atoms with van der Waals surface area (Å²) in [4.78, 5) is 27.9. The molecule has 0 unspecified atom stereocenters. The second-order valence-corrected chi connectivity index (χ2v) is 8.96. The highest BCUT2D eigenvalue weighted by molar-refractivity contribution is 6.07. The van der Waals surface area contributed by atoms with Crippen molar-refractivity contribution in [1.82, 2.24) is 0 Å². The van der Waals surface area contributed by atoms with Gasteiger partial charge in [0.25, 0.3) is 11.8 Å². The summed E-state index contributed by atoms with van der Waals surface area (Å²) in [5, 5.41) is 3.00. The van der Waals surface area contributed by atoms with Crippen LogP contribution in [0.1, 0.15) is 47.3 Å². The highest BCUT2D eigenvalue weighted by atomic mass is 16.5. The maximum atomic E-state index is 13.2. The molecule has 0 aromatic heterocycles. The number of nitrogens with zero attached hydrogens (tertiary/aromatic N) is 1. The van der Waals surface area contributed by atoms with E-state index >= 15 is 0 Å². The van der Waals surface area contributed by atoms with Gasteiger partial charge in [0.15, 0.2) is 5.60 Å². The molecule has 2 amide bonds. The smallest absolute Gasteiger partial charge is 0.271 e. The van der Waals surface area contributed by atoms with Gasteiger partial charge in [-0.2, -0.15) is 0 Å². The zero-order chi connectivity index (χ0) is 22.3. The Bertz CT molecular complexity index is 1200. The Morgan fingerprint density at radius 1 is 1.00 bits per heavy atom. The first kappa shape index (κ1) is 20.3. The fourth-order valence-corrected chi connectivity index (χ4v) is 4.48. The van der Waals surface area contributed by atoms with E-state index in [1.165, 1.54) is 17.5 Å². The minimum atomic E-state index is -0.976. The average molecular weight is 427 g/mol. The molecular weight excluding hydrogens is 400 g/mol. The molecule has 0 spiro atoms. The zero-order valence-corrected chi connectivity index (χ0v) is 18.4. The van der Waals surface area contributed by atoms with E-state index in [-0.39, 0.29) is 11.8 Å². The summed E-state index contributed by atoms with van der Waals surface area (Å²) < 4.78 is 5.98. The minimum absolute atomic E-state index is 0.134. The Kier molecular flexibility index (Phi) is 4.97. The second kappa shape index (κ2) is 7.83. The fourth-order valence-electron chi connectivity index (χ4n) is 4.48. The van der Waals surface area contributed by atoms with E-state index in [2.05, 4.69) is 17.4 Å². The van der Waals surface area contributed by atoms with Crippen LogP contribution in [0.2, 0.25) is 0 Å². The lowest BCUT2D eigenvalue weighted by molar-refractivity contribution is -0.132. The first-order valence-corrected chi connectivity index (χ1v) is 11.0. The van der Waals surface area contributed by atoms with Crippen LogP contribution in [0.3, 0.4) is 0 Å². The molecule has 0 fully saturated rings. The van der Waals surface area contributed by atoms with Crippen LogP contribution in [-0.2, 0) is 24.2 Å². The minimum Gasteiger partial charge on any atom is -0.476 e. The molecule has 1 N–H and O–H groups in total. The average Bonchev–Trinajstić information content (AvgIpc) is 3.25. The molecule has 3 aromatic carbocycles. The first-order valence-electron chi connectivity index (χ1n) is 11.0. The van der Waals surface area contributed by atoms with Crippen molar-refractivity contribution < 1.29 is 14.3 Å². The summed E-state index contributed by atoms with van der Waals surface area (Å²) in [5.74, 6) is 0.257. The molecule has 1 heterocycles. The Morgan fingerprint density at radius 3 is 2.59 bits per heavy atom. The molecular formula is C27H26N2O3. The number of nitrogens with one attached hydrogen (secondary N) is 1. The van der Waals surface area contributed by atoms with E-state index in [0.717, 1.165) is 24.1 Å². The summed E-state index contributed by atoms with van der Waals surface area (Å²) in [5.41, 5.74) is 4.60. The van der Waals surface area contributed by atoms with Crippen LogP contribution < -0.4 is 15.0 Å². The van der Waals surface area contributed by atoms with Crippen LogP contribution in [-0.4, -0.2) is 17.4 Å². The van der Waals surface area contributed by atoms with E-state index in [1.54, 1.807) is 36.9 Å². The van der Waals surface area contributed by atoms with E-state index in [9.17, 15) is 9.59 Å². The molecule has 5 heteroatoms. The van der Waals surface area contributed by atoms with E-state index in [0.29, 0.717) is 23.5 Å². The van der Waals surface area contributed by atoms with Crippen LogP contribution in [0.25, 0.3) is 0 Å². The topological polar surface area (TPSA) is 58.6 Å². The van der Waals surface area contributed by atoms with Crippen molar-refractivity contribution in [1.29, 1.82) is 0 Å². The molecule has 162 valence electrons. The number of carbonyl (C=O) groups excluding carboxylic acids is 2. The molecule has 0 saturated carbocycles. The molecule has 2 aliphatic rings. The molecule has 1 aliphatic carbocycles. The largest absolute Gasteiger partial charge is 0.476 e. The van der Waals surface area contributed by atoms with Gasteiger partial charge in [0.05, 0.1) is 12.2 Å². The molecule has 5 rings (SSSR count). The van der Waals surface area contributed by atoms with Gasteiger partial charge < -0.3 is 15.0 Å². The van der Waals surface area contributed by atoms with Crippen LogP contribution in [0.5, 0.6) is 5.75 Å². The summed E-state index contributed by atoms with van der Waals surface area (Å²) >= 11 is 0. The number of aryl methyl sites for hydroxylation is 2. The molecule has 5 nitrogen and oxygen atoms in total. The predicted octanol–water partition coefficient (Wildman–Crippen LogP) is 5.13. The molecule has 0 bridgehead atoms. The number of fused-ring (bicyclic) bond motifs is 2. The van der Waals surface area contributed by atoms with Crippen LogP contribution in [0, 0.1) is 0 Å². The molecule has 0 atom stereocenters. The van der Waals surface area contributed by atoms with Crippen molar-refractivity contribution in [2.75, 3.05) is 10.2 Å². The number of carbonyl (C=O) groups is 2. The van der Waals surface area contributed by atoms with Gasteiger partial charge in [-0.05, 0) is 80.1 Å². The quantitative estimate of drug-likeness (QED) is 0.629. The van der Waals surface area contributed by atoms with Crippen molar-refractivity contribution in [3.05, 3.63) is 89.0 Å². The van der Waals surface area contributed by atoms with Gasteiger partial charge in [0, 0.05) is 11.3 Å². The van der Waals surface area contributed by atoms with Crippen molar-refractivity contribution in [3.8, 4) is 5.75 Å². The Morgan fingerprint density at radius 2 is 1.78 bits per heavy atom. The van der Waals surface area contributed by atoms with Crippen molar-refractivity contribution in [3.63, 3.8) is 0 Å². The molecule has 0 radical (unpaired) electrons. The van der Waals surface area contributed by atoms with Crippen LogP contribution in [0.4, 0.5) is 11.4 Å². The first-order chi connectivity index (χ1) is 15.4. The van der Waals surface area contributed by atoms with E-state index in [1.807, 2.05) is 36.4 Å². The zero-order valence-electron chi connectivity index (χ0n) is 18.4. The molecule has 32 heavy (non-hydrogen) atoms. The van der Waals surface area contributed by atoms with Crippen molar-refractivity contribution in [2.24, 2.45) is 0 Å². The Balaban J connectivity index is 1.45. The maximum Gasteiger partial charge on any atom is 0.271 e. The Labute approximate surface area is 188 Å². The number of rotatable bonds is 4. The standard InChI is InChI=1S/C27H26N2O3/c1-27(2)26(31)29(17-18-7-4-3-5-8-18)23-16-21(12-14-24(23)32-27)25(30)28-22-13-11-19-9-6-10-20(19)15-22/h3-5,7-8,11-16H,6,9-10,17H2,1-2H3,(H,28,30).